The second-order valence-electron chi connectivity index (χ2n) is 6.06. The highest BCUT2D eigenvalue weighted by atomic mass is 28.3. The zero-order valence-electron chi connectivity index (χ0n) is 10.7. The van der Waals surface area contributed by atoms with Crippen molar-refractivity contribution in [3.63, 3.8) is 0 Å². The molecule has 1 saturated carbocycles. The normalized spacial score (nSPS) is 28.1. The smallest absolute Gasteiger partial charge is 0.129 e. The summed E-state index contributed by atoms with van der Waals surface area (Å²) < 4.78 is 0. The molecule has 16 heavy (non-hydrogen) atoms. The van der Waals surface area contributed by atoms with Crippen LogP contribution in [0.25, 0.3) is 0 Å². The van der Waals surface area contributed by atoms with E-state index in [-0.39, 0.29) is 0 Å². The third kappa shape index (κ3) is 2.39. The van der Waals surface area contributed by atoms with Crippen LogP contribution in [0.3, 0.4) is 0 Å². The predicted molar refractivity (Wildman–Crippen MR) is 73.0 cm³/mol. The van der Waals surface area contributed by atoms with Crippen LogP contribution in [-0.2, 0) is 5.41 Å². The van der Waals surface area contributed by atoms with Crippen LogP contribution in [0, 0.1) is 17.4 Å². The average Bonchev–Trinajstić information content (AvgIpc) is 2.89. The van der Waals surface area contributed by atoms with Gasteiger partial charge in [-0.1, -0.05) is 56.9 Å². The maximum Gasteiger partial charge on any atom is 0.129 e. The standard InChI is InChI=1S/C15H20Si/c1-15(13-8-6-5-7-9-13)12-14(15)10-11-16(2,3)4/h5-9,14H,12H2,1-4H3/t14-,15+/m0/s1. The van der Waals surface area contributed by atoms with Crippen molar-refractivity contribution in [3.05, 3.63) is 35.9 Å². The largest absolute Gasteiger partial charge is 0.132 e. The molecular formula is C15H20Si. The van der Waals surface area contributed by atoms with Crippen LogP contribution in [-0.4, -0.2) is 8.07 Å². The Kier molecular flexibility index (Phi) is 2.72. The van der Waals surface area contributed by atoms with Gasteiger partial charge in [-0.15, -0.1) is 11.5 Å². The fourth-order valence-corrected chi connectivity index (χ4v) is 2.62. The topological polar surface area (TPSA) is 0 Å². The minimum Gasteiger partial charge on any atom is -0.132 e. The van der Waals surface area contributed by atoms with Crippen molar-refractivity contribution in [3.8, 4) is 11.5 Å². The highest BCUT2D eigenvalue weighted by Gasteiger charge is 2.50. The number of hydrogen-bond acceptors (Lipinski definition) is 0. The number of hydrogen-bond donors (Lipinski definition) is 0. The van der Waals surface area contributed by atoms with E-state index in [9.17, 15) is 0 Å². The Balaban J connectivity index is 2.13. The molecule has 1 heteroatoms. The van der Waals surface area contributed by atoms with Gasteiger partial charge in [0, 0.05) is 11.3 Å². The second-order valence-corrected chi connectivity index (χ2v) is 10.8. The fourth-order valence-electron chi connectivity index (χ4n) is 2.02. The molecule has 0 nitrogen and oxygen atoms in total. The van der Waals surface area contributed by atoms with Crippen LogP contribution in [0.15, 0.2) is 30.3 Å². The summed E-state index contributed by atoms with van der Waals surface area (Å²) in [6, 6.07) is 10.8. The Morgan fingerprint density at radius 1 is 1.19 bits per heavy atom. The highest BCUT2D eigenvalue weighted by molar-refractivity contribution is 6.83. The van der Waals surface area contributed by atoms with Gasteiger partial charge >= 0.3 is 0 Å². The van der Waals surface area contributed by atoms with E-state index in [1.807, 2.05) is 0 Å². The zero-order chi connectivity index (χ0) is 11.8. The second kappa shape index (κ2) is 3.78. The molecular weight excluding hydrogens is 208 g/mol. The Labute approximate surface area is 100 Å². The van der Waals surface area contributed by atoms with Crippen molar-refractivity contribution >= 4 is 8.07 Å². The Morgan fingerprint density at radius 3 is 2.38 bits per heavy atom. The lowest BCUT2D eigenvalue weighted by Gasteiger charge is -2.09. The van der Waals surface area contributed by atoms with Crippen molar-refractivity contribution in [2.45, 2.75) is 38.4 Å². The van der Waals surface area contributed by atoms with E-state index in [0.29, 0.717) is 11.3 Å². The van der Waals surface area contributed by atoms with Crippen molar-refractivity contribution < 1.29 is 0 Å². The van der Waals surface area contributed by atoms with Gasteiger partial charge in [0.2, 0.25) is 0 Å². The van der Waals surface area contributed by atoms with Crippen LogP contribution in [0.1, 0.15) is 18.9 Å². The first-order chi connectivity index (χ1) is 7.42. The van der Waals surface area contributed by atoms with E-state index in [1.165, 1.54) is 12.0 Å². The Morgan fingerprint density at radius 2 is 1.81 bits per heavy atom. The van der Waals surface area contributed by atoms with Gasteiger partial charge in [0.1, 0.15) is 8.07 Å². The van der Waals surface area contributed by atoms with E-state index in [2.05, 4.69) is 68.4 Å². The first kappa shape index (κ1) is 11.5. The molecule has 1 aliphatic rings. The fraction of sp³-hybridized carbons (Fsp3) is 0.467. The number of benzene rings is 1. The van der Waals surface area contributed by atoms with E-state index < -0.39 is 8.07 Å². The summed E-state index contributed by atoms with van der Waals surface area (Å²) >= 11 is 0. The molecule has 0 saturated heterocycles. The average molecular weight is 228 g/mol. The third-order valence-corrected chi connectivity index (χ3v) is 4.19. The first-order valence-corrected chi connectivity index (χ1v) is 9.50. The van der Waals surface area contributed by atoms with Gasteiger partial charge in [-0.25, -0.2) is 0 Å². The molecule has 0 amide bonds. The summed E-state index contributed by atoms with van der Waals surface area (Å²) in [7, 11) is -1.20. The van der Waals surface area contributed by atoms with Crippen LogP contribution in [0.2, 0.25) is 19.6 Å². The molecule has 1 aromatic carbocycles. The summed E-state index contributed by atoms with van der Waals surface area (Å²) in [6.45, 7) is 9.26. The summed E-state index contributed by atoms with van der Waals surface area (Å²) in [5, 5.41) is 0. The van der Waals surface area contributed by atoms with Crippen molar-refractivity contribution in [2.24, 2.45) is 5.92 Å². The molecule has 2 rings (SSSR count). The van der Waals surface area contributed by atoms with E-state index in [1.54, 1.807) is 0 Å². The quantitative estimate of drug-likeness (QED) is 0.506. The first-order valence-electron chi connectivity index (χ1n) is 6.00. The lowest BCUT2D eigenvalue weighted by atomic mass is 9.96. The van der Waals surface area contributed by atoms with Gasteiger partial charge in [-0.05, 0) is 12.0 Å². The SMILES string of the molecule is C[C@]1(c2ccccc2)C[C@@H]1C#C[Si](C)(C)C. The maximum atomic E-state index is 3.50. The molecule has 0 unspecified atom stereocenters. The zero-order valence-corrected chi connectivity index (χ0v) is 11.7. The minimum atomic E-state index is -1.20. The molecule has 2 atom stereocenters. The van der Waals surface area contributed by atoms with Gasteiger partial charge in [0.05, 0.1) is 0 Å². The summed E-state index contributed by atoms with van der Waals surface area (Å²) in [6.07, 6.45) is 1.23. The summed E-state index contributed by atoms with van der Waals surface area (Å²) in [4.78, 5) is 0. The van der Waals surface area contributed by atoms with Gasteiger partial charge in [-0.3, -0.25) is 0 Å². The van der Waals surface area contributed by atoms with Crippen molar-refractivity contribution in [1.29, 1.82) is 0 Å². The molecule has 0 heterocycles. The maximum absolute atomic E-state index is 3.50. The molecule has 0 aromatic heterocycles. The summed E-state index contributed by atoms with van der Waals surface area (Å²) in [5.74, 6) is 4.08. The van der Waals surface area contributed by atoms with Crippen molar-refractivity contribution in [2.75, 3.05) is 0 Å². The van der Waals surface area contributed by atoms with E-state index in [4.69, 9.17) is 0 Å². The molecule has 0 bridgehead atoms. The monoisotopic (exact) mass is 228 g/mol. The summed E-state index contributed by atoms with van der Waals surface area (Å²) in [5.41, 5.74) is 5.27. The molecule has 0 radical (unpaired) electrons. The van der Waals surface area contributed by atoms with Gasteiger partial charge in [0.15, 0.2) is 0 Å². The molecule has 0 aliphatic heterocycles. The Bertz CT molecular complexity index is 430. The van der Waals surface area contributed by atoms with Crippen molar-refractivity contribution in [1.82, 2.24) is 0 Å². The third-order valence-electron chi connectivity index (χ3n) is 3.29. The molecule has 0 N–H and O–H groups in total. The van der Waals surface area contributed by atoms with Crippen LogP contribution in [0.4, 0.5) is 0 Å². The van der Waals surface area contributed by atoms with Gasteiger partial charge in [0.25, 0.3) is 0 Å². The Hall–Kier alpha value is -1.00. The predicted octanol–water partition coefficient (Wildman–Crippen LogP) is 3.85. The molecule has 1 fully saturated rings. The van der Waals surface area contributed by atoms with E-state index >= 15 is 0 Å². The lowest BCUT2D eigenvalue weighted by molar-refractivity contribution is 0.746. The molecule has 84 valence electrons. The molecule has 1 aromatic rings. The lowest BCUT2D eigenvalue weighted by Crippen LogP contribution is -2.16. The van der Waals surface area contributed by atoms with Gasteiger partial charge < -0.3 is 0 Å². The van der Waals surface area contributed by atoms with E-state index in [0.717, 1.165) is 0 Å². The van der Waals surface area contributed by atoms with Crippen LogP contribution < -0.4 is 0 Å². The minimum absolute atomic E-state index is 0.327. The van der Waals surface area contributed by atoms with Gasteiger partial charge in [-0.2, -0.15) is 0 Å². The number of rotatable bonds is 1. The van der Waals surface area contributed by atoms with Crippen LogP contribution >= 0.6 is 0 Å². The molecule has 0 spiro atoms. The van der Waals surface area contributed by atoms with Crippen LogP contribution in [0.5, 0.6) is 0 Å². The highest BCUT2D eigenvalue weighted by Crippen LogP contribution is 2.53. The molecule has 1 aliphatic carbocycles.